The fourth-order valence-electron chi connectivity index (χ4n) is 1.69. The Morgan fingerprint density at radius 3 is 2.50 bits per heavy atom. The summed E-state index contributed by atoms with van der Waals surface area (Å²) in [6.07, 6.45) is 1.01. The van der Waals surface area contributed by atoms with E-state index in [2.05, 4.69) is 4.72 Å². The molecule has 0 aromatic heterocycles. The van der Waals surface area contributed by atoms with Crippen molar-refractivity contribution in [1.82, 2.24) is 9.03 Å². The molecule has 106 valence electrons. The molecule has 0 unspecified atom stereocenters. The predicted octanol–water partition coefficient (Wildman–Crippen LogP) is -0.204. The number of ether oxygens (including phenoxy) is 1. The molecule has 0 bridgehead atoms. The van der Waals surface area contributed by atoms with Crippen molar-refractivity contribution < 1.29 is 23.1 Å². The van der Waals surface area contributed by atoms with Crippen LogP contribution in [0.2, 0.25) is 0 Å². The molecule has 0 amide bonds. The van der Waals surface area contributed by atoms with Crippen molar-refractivity contribution in [3.63, 3.8) is 0 Å². The molecular weight excluding hydrogens is 260 g/mol. The number of nitrogens with zero attached hydrogens (tertiary/aromatic N) is 1. The fourth-order valence-corrected chi connectivity index (χ4v) is 3.00. The van der Waals surface area contributed by atoms with Gasteiger partial charge < -0.3 is 9.84 Å². The lowest BCUT2D eigenvalue weighted by atomic mass is 9.94. The smallest absolute Gasteiger partial charge is 0.304 e. The Morgan fingerprint density at radius 2 is 2.00 bits per heavy atom. The first-order valence-electron chi connectivity index (χ1n) is 5.80. The highest BCUT2D eigenvalue weighted by Crippen LogP contribution is 2.21. The Hall–Kier alpha value is -0.700. The first kappa shape index (κ1) is 15.4. The van der Waals surface area contributed by atoms with Crippen LogP contribution in [0.1, 0.15) is 26.2 Å². The van der Waals surface area contributed by atoms with Crippen LogP contribution in [0.5, 0.6) is 0 Å². The van der Waals surface area contributed by atoms with E-state index in [1.807, 2.05) is 6.92 Å². The summed E-state index contributed by atoms with van der Waals surface area (Å²) < 4.78 is 32.8. The van der Waals surface area contributed by atoms with Crippen molar-refractivity contribution in [3.8, 4) is 0 Å². The number of carboxylic acids is 1. The lowest BCUT2D eigenvalue weighted by Crippen LogP contribution is -2.53. The van der Waals surface area contributed by atoms with Gasteiger partial charge in [-0.2, -0.15) is 17.4 Å². The summed E-state index contributed by atoms with van der Waals surface area (Å²) in [5, 5.41) is 8.54. The number of rotatable bonds is 6. The minimum absolute atomic E-state index is 0.0444. The molecule has 1 aliphatic rings. The highest BCUT2D eigenvalue weighted by molar-refractivity contribution is 7.87. The Labute approximate surface area is 107 Å². The van der Waals surface area contributed by atoms with Gasteiger partial charge in [-0.15, -0.1) is 0 Å². The van der Waals surface area contributed by atoms with Crippen molar-refractivity contribution in [1.29, 1.82) is 0 Å². The van der Waals surface area contributed by atoms with Crippen LogP contribution in [-0.2, 0) is 19.7 Å². The summed E-state index contributed by atoms with van der Waals surface area (Å²) in [5.74, 6) is -1.02. The van der Waals surface area contributed by atoms with Crippen LogP contribution in [0.25, 0.3) is 0 Å². The maximum Gasteiger partial charge on any atom is 0.304 e. The summed E-state index contributed by atoms with van der Waals surface area (Å²) in [6.45, 7) is 2.84. The van der Waals surface area contributed by atoms with E-state index < -0.39 is 21.7 Å². The average Bonchev–Trinajstić information content (AvgIpc) is 2.25. The van der Waals surface area contributed by atoms with Gasteiger partial charge in [0.1, 0.15) is 0 Å². The minimum atomic E-state index is -3.65. The van der Waals surface area contributed by atoms with E-state index in [1.165, 1.54) is 7.05 Å². The number of nitrogens with one attached hydrogen (secondary N) is 1. The van der Waals surface area contributed by atoms with E-state index in [0.29, 0.717) is 26.1 Å². The van der Waals surface area contributed by atoms with Gasteiger partial charge in [-0.25, -0.2) is 0 Å². The van der Waals surface area contributed by atoms with Gasteiger partial charge in [0.25, 0.3) is 10.2 Å². The quantitative estimate of drug-likeness (QED) is 0.702. The fraction of sp³-hybridized carbons (Fsp3) is 0.900. The number of aliphatic carboxylic acids is 1. The molecule has 0 spiro atoms. The largest absolute Gasteiger partial charge is 0.481 e. The van der Waals surface area contributed by atoms with E-state index in [9.17, 15) is 13.2 Å². The molecule has 0 aromatic rings. The third-order valence-electron chi connectivity index (χ3n) is 3.02. The zero-order chi connectivity index (χ0) is 13.8. The van der Waals surface area contributed by atoms with Crippen molar-refractivity contribution in [2.45, 2.75) is 31.7 Å². The number of hydrogen-bond acceptors (Lipinski definition) is 4. The summed E-state index contributed by atoms with van der Waals surface area (Å²) in [7, 11) is -2.28. The standard InChI is InChI=1S/C10H20N2O5S/c1-10(4-7-17-8-5-10)11-18(15,16)12(2)6-3-9(13)14/h11H,3-8H2,1-2H3,(H,13,14). The van der Waals surface area contributed by atoms with Gasteiger partial charge in [-0.1, -0.05) is 0 Å². The zero-order valence-electron chi connectivity index (χ0n) is 10.7. The third-order valence-corrected chi connectivity index (χ3v) is 4.78. The van der Waals surface area contributed by atoms with E-state index in [0.717, 1.165) is 4.31 Å². The Balaban J connectivity index is 2.59. The van der Waals surface area contributed by atoms with Gasteiger partial charge in [0.15, 0.2) is 0 Å². The first-order valence-corrected chi connectivity index (χ1v) is 7.24. The second-order valence-corrected chi connectivity index (χ2v) is 6.52. The Bertz CT molecular complexity index is 389. The summed E-state index contributed by atoms with van der Waals surface area (Å²) in [4.78, 5) is 10.4. The van der Waals surface area contributed by atoms with E-state index in [1.54, 1.807) is 0 Å². The molecule has 18 heavy (non-hydrogen) atoms. The molecule has 7 nitrogen and oxygen atoms in total. The highest BCUT2D eigenvalue weighted by atomic mass is 32.2. The van der Waals surface area contributed by atoms with E-state index in [4.69, 9.17) is 9.84 Å². The Morgan fingerprint density at radius 1 is 1.44 bits per heavy atom. The summed E-state index contributed by atoms with van der Waals surface area (Å²) in [6, 6.07) is 0. The SMILES string of the molecule is CN(CCC(=O)O)S(=O)(=O)NC1(C)CCOCC1. The molecule has 0 saturated carbocycles. The maximum atomic E-state index is 12.0. The van der Waals surface area contributed by atoms with Gasteiger partial charge in [0.05, 0.1) is 6.42 Å². The third kappa shape index (κ3) is 4.52. The highest BCUT2D eigenvalue weighted by Gasteiger charge is 2.33. The predicted molar refractivity (Wildman–Crippen MR) is 65.4 cm³/mol. The molecule has 0 aliphatic carbocycles. The van der Waals surface area contributed by atoms with Crippen molar-refractivity contribution in [2.75, 3.05) is 26.8 Å². The zero-order valence-corrected chi connectivity index (χ0v) is 11.5. The monoisotopic (exact) mass is 280 g/mol. The number of carbonyl (C=O) groups is 1. The van der Waals surface area contributed by atoms with Crippen LogP contribution < -0.4 is 4.72 Å². The molecule has 1 rings (SSSR count). The van der Waals surface area contributed by atoms with Crippen LogP contribution in [-0.4, -0.2) is 56.1 Å². The average molecular weight is 280 g/mol. The second kappa shape index (κ2) is 5.96. The van der Waals surface area contributed by atoms with Gasteiger partial charge in [0, 0.05) is 32.3 Å². The first-order chi connectivity index (χ1) is 8.25. The molecule has 2 N–H and O–H groups in total. The van der Waals surface area contributed by atoms with E-state index in [-0.39, 0.29) is 13.0 Å². The van der Waals surface area contributed by atoms with Gasteiger partial charge in [-0.05, 0) is 19.8 Å². The van der Waals surface area contributed by atoms with Crippen LogP contribution in [0.15, 0.2) is 0 Å². The van der Waals surface area contributed by atoms with Gasteiger partial charge in [-0.3, -0.25) is 4.79 Å². The maximum absolute atomic E-state index is 12.0. The van der Waals surface area contributed by atoms with Crippen molar-refractivity contribution in [2.24, 2.45) is 0 Å². The van der Waals surface area contributed by atoms with Crippen molar-refractivity contribution in [3.05, 3.63) is 0 Å². The molecule has 0 radical (unpaired) electrons. The van der Waals surface area contributed by atoms with Crippen LogP contribution >= 0.6 is 0 Å². The molecule has 1 heterocycles. The molecule has 1 fully saturated rings. The lowest BCUT2D eigenvalue weighted by molar-refractivity contribution is -0.137. The van der Waals surface area contributed by atoms with Crippen LogP contribution in [0, 0.1) is 0 Å². The van der Waals surface area contributed by atoms with Gasteiger partial charge >= 0.3 is 5.97 Å². The second-order valence-electron chi connectivity index (χ2n) is 4.75. The summed E-state index contributed by atoms with van der Waals surface area (Å²) in [5.41, 5.74) is -0.519. The molecule has 8 heteroatoms. The van der Waals surface area contributed by atoms with E-state index >= 15 is 0 Å². The van der Waals surface area contributed by atoms with Crippen LogP contribution in [0.4, 0.5) is 0 Å². The van der Waals surface area contributed by atoms with Crippen molar-refractivity contribution >= 4 is 16.2 Å². The molecule has 1 aliphatic heterocycles. The molecule has 0 atom stereocenters. The topological polar surface area (TPSA) is 95.9 Å². The number of carboxylic acid groups (broad SMARTS) is 1. The Kier molecular flexibility index (Phi) is 5.09. The summed E-state index contributed by atoms with van der Waals surface area (Å²) >= 11 is 0. The van der Waals surface area contributed by atoms with Gasteiger partial charge in [0.2, 0.25) is 0 Å². The number of hydrogen-bond donors (Lipinski definition) is 2. The molecule has 0 aromatic carbocycles. The normalized spacial score (nSPS) is 19.9. The van der Waals surface area contributed by atoms with Crippen LogP contribution in [0.3, 0.4) is 0 Å². The molecule has 1 saturated heterocycles. The molecular formula is C10H20N2O5S. The minimum Gasteiger partial charge on any atom is -0.481 e. The lowest BCUT2D eigenvalue weighted by Gasteiger charge is -2.35.